The van der Waals surface area contributed by atoms with Gasteiger partial charge in [0.1, 0.15) is 0 Å². The molecule has 1 aliphatic heterocycles. The maximum absolute atomic E-state index is 2.61. The van der Waals surface area contributed by atoms with Crippen molar-refractivity contribution in [3.8, 4) is 0 Å². The van der Waals surface area contributed by atoms with E-state index < -0.39 is 0 Å². The zero-order chi connectivity index (χ0) is 24.8. The molecular formula is C36H31N. The Labute approximate surface area is 219 Å². The van der Waals surface area contributed by atoms with Crippen molar-refractivity contribution in [2.24, 2.45) is 0 Å². The monoisotopic (exact) mass is 477 g/mol. The Hall–Kier alpha value is -4.10. The first-order valence-corrected chi connectivity index (χ1v) is 13.5. The third-order valence-corrected chi connectivity index (χ3v) is 8.31. The summed E-state index contributed by atoms with van der Waals surface area (Å²) in [5.74, 6) is 0.613. The molecule has 1 aliphatic carbocycles. The van der Waals surface area contributed by atoms with Crippen LogP contribution in [0.4, 0.5) is 11.4 Å². The number of hydrogen-bond acceptors (Lipinski definition) is 1. The van der Waals surface area contributed by atoms with Gasteiger partial charge >= 0.3 is 0 Å². The molecule has 5 aromatic carbocycles. The van der Waals surface area contributed by atoms with E-state index in [1.807, 2.05) is 0 Å². The van der Waals surface area contributed by atoms with Crippen molar-refractivity contribution in [2.75, 3.05) is 4.90 Å². The van der Waals surface area contributed by atoms with Gasteiger partial charge < -0.3 is 4.90 Å². The van der Waals surface area contributed by atoms with Crippen LogP contribution in [0.3, 0.4) is 0 Å². The third-order valence-electron chi connectivity index (χ3n) is 8.31. The third kappa shape index (κ3) is 3.86. The van der Waals surface area contributed by atoms with E-state index in [1.54, 1.807) is 0 Å². The molecule has 1 heterocycles. The second-order valence-electron chi connectivity index (χ2n) is 10.6. The van der Waals surface area contributed by atoms with Gasteiger partial charge in [-0.05, 0) is 88.7 Å². The Kier molecular flexibility index (Phi) is 5.43. The maximum atomic E-state index is 2.61. The van der Waals surface area contributed by atoms with Crippen LogP contribution in [0.25, 0.3) is 22.4 Å². The lowest BCUT2D eigenvalue weighted by molar-refractivity contribution is 0.642. The van der Waals surface area contributed by atoms with Crippen LogP contribution in [0.5, 0.6) is 0 Å². The van der Waals surface area contributed by atoms with Crippen molar-refractivity contribution in [3.05, 3.63) is 143 Å². The van der Waals surface area contributed by atoms with E-state index in [-0.39, 0.29) is 0 Å². The fourth-order valence-corrected chi connectivity index (χ4v) is 6.57. The second kappa shape index (κ2) is 9.09. The minimum Gasteiger partial charge on any atom is -0.338 e. The fraction of sp³-hybridized carbons (Fsp3) is 0.167. The number of hydrogen-bond donors (Lipinski definition) is 0. The number of benzene rings is 5. The molecule has 0 amide bonds. The number of fused-ring (bicyclic) bond motifs is 4. The first-order chi connectivity index (χ1) is 18.3. The van der Waals surface area contributed by atoms with Crippen LogP contribution in [0.1, 0.15) is 53.0 Å². The van der Waals surface area contributed by atoms with Crippen LogP contribution in [-0.4, -0.2) is 6.04 Å². The molecule has 0 radical (unpaired) electrons. The predicted molar refractivity (Wildman–Crippen MR) is 158 cm³/mol. The van der Waals surface area contributed by atoms with E-state index in [4.69, 9.17) is 0 Å². The summed E-state index contributed by atoms with van der Waals surface area (Å²) in [4.78, 5) is 2.61. The Bertz CT molecular complexity index is 1610. The molecule has 1 nitrogen and oxygen atoms in total. The maximum Gasteiger partial charge on any atom is 0.0450 e. The minimum atomic E-state index is 0.573. The topological polar surface area (TPSA) is 3.24 Å². The normalized spacial score (nSPS) is 18.7. The van der Waals surface area contributed by atoms with Gasteiger partial charge in [-0.25, -0.2) is 0 Å². The van der Waals surface area contributed by atoms with Crippen LogP contribution in [0.15, 0.2) is 115 Å². The van der Waals surface area contributed by atoms with Gasteiger partial charge in [0.2, 0.25) is 0 Å². The Morgan fingerprint density at radius 2 is 1.54 bits per heavy atom. The van der Waals surface area contributed by atoms with Gasteiger partial charge in [0, 0.05) is 23.3 Å². The zero-order valence-electron chi connectivity index (χ0n) is 21.3. The van der Waals surface area contributed by atoms with Crippen molar-refractivity contribution in [3.63, 3.8) is 0 Å². The van der Waals surface area contributed by atoms with E-state index in [0.717, 1.165) is 0 Å². The van der Waals surface area contributed by atoms with Gasteiger partial charge in [-0.2, -0.15) is 0 Å². The van der Waals surface area contributed by atoms with Gasteiger partial charge in [0.15, 0.2) is 0 Å². The molecule has 5 aromatic rings. The summed E-state index contributed by atoms with van der Waals surface area (Å²) in [5, 5.41) is 2.57. The molecule has 37 heavy (non-hydrogen) atoms. The largest absolute Gasteiger partial charge is 0.338 e. The number of anilines is 2. The number of rotatable bonds is 4. The van der Waals surface area contributed by atoms with Crippen molar-refractivity contribution in [2.45, 2.75) is 38.1 Å². The molecular weight excluding hydrogens is 446 g/mol. The lowest BCUT2D eigenvalue weighted by Crippen LogP contribution is -2.26. The summed E-state index contributed by atoms with van der Waals surface area (Å²) in [6.45, 7) is 2.17. The van der Waals surface area contributed by atoms with Crippen molar-refractivity contribution >= 4 is 33.8 Å². The van der Waals surface area contributed by atoms with Crippen LogP contribution < -0.4 is 4.90 Å². The van der Waals surface area contributed by atoms with Crippen LogP contribution >= 0.6 is 0 Å². The highest BCUT2D eigenvalue weighted by Gasteiger charge is 2.42. The van der Waals surface area contributed by atoms with Gasteiger partial charge in [0.25, 0.3) is 0 Å². The minimum absolute atomic E-state index is 0.573. The van der Waals surface area contributed by atoms with Gasteiger partial charge in [0.05, 0.1) is 0 Å². The molecule has 1 fully saturated rings. The molecule has 0 aromatic heterocycles. The molecule has 1 heteroatoms. The average Bonchev–Trinajstić information content (AvgIpc) is 3.54. The predicted octanol–water partition coefficient (Wildman–Crippen LogP) is 9.52. The van der Waals surface area contributed by atoms with Gasteiger partial charge in [-0.3, -0.25) is 0 Å². The van der Waals surface area contributed by atoms with Crippen molar-refractivity contribution < 1.29 is 0 Å². The van der Waals surface area contributed by atoms with Gasteiger partial charge in [-0.15, -0.1) is 0 Å². The van der Waals surface area contributed by atoms with E-state index in [2.05, 4.69) is 133 Å². The summed E-state index contributed by atoms with van der Waals surface area (Å²) in [7, 11) is 0. The average molecular weight is 478 g/mol. The molecule has 0 saturated heterocycles. The highest BCUT2D eigenvalue weighted by Crippen LogP contribution is 2.52. The van der Waals surface area contributed by atoms with Crippen LogP contribution in [0.2, 0.25) is 0 Å². The molecule has 1 saturated carbocycles. The quantitative estimate of drug-likeness (QED) is 0.233. The first-order valence-electron chi connectivity index (χ1n) is 13.5. The van der Waals surface area contributed by atoms with Crippen molar-refractivity contribution in [1.82, 2.24) is 0 Å². The molecule has 0 N–H and O–H groups in total. The molecule has 2 unspecified atom stereocenters. The summed E-state index contributed by atoms with van der Waals surface area (Å²) in [6, 6.07) is 43.0. The highest BCUT2D eigenvalue weighted by molar-refractivity contribution is 6.02. The molecule has 0 spiro atoms. The van der Waals surface area contributed by atoms with Crippen molar-refractivity contribution in [1.29, 1.82) is 0 Å². The fourth-order valence-electron chi connectivity index (χ4n) is 6.57. The lowest BCUT2D eigenvalue weighted by Gasteiger charge is -2.27. The first kappa shape index (κ1) is 22.1. The summed E-state index contributed by atoms with van der Waals surface area (Å²) < 4.78 is 0. The SMILES string of the molecule is Cc1ccc(N2c3ccc(C=C(c4ccccc4)c4cccc5ccccc45)cc3C3CCCC32)cc1. The molecule has 2 aliphatic rings. The Morgan fingerprint density at radius 3 is 2.41 bits per heavy atom. The Balaban J connectivity index is 1.37. The van der Waals surface area contributed by atoms with E-state index in [9.17, 15) is 0 Å². The number of aryl methyl sites for hydroxylation is 1. The molecule has 180 valence electrons. The summed E-state index contributed by atoms with van der Waals surface area (Å²) >= 11 is 0. The van der Waals surface area contributed by atoms with E-state index in [1.165, 1.54) is 74.8 Å². The summed E-state index contributed by atoms with van der Waals surface area (Å²) in [6.07, 6.45) is 6.25. The second-order valence-corrected chi connectivity index (χ2v) is 10.6. The molecule has 0 bridgehead atoms. The smallest absolute Gasteiger partial charge is 0.0450 e. The summed E-state index contributed by atoms with van der Waals surface area (Å²) in [5.41, 5.74) is 10.6. The Morgan fingerprint density at radius 1 is 0.757 bits per heavy atom. The van der Waals surface area contributed by atoms with Crippen LogP contribution in [-0.2, 0) is 0 Å². The van der Waals surface area contributed by atoms with E-state index in [0.29, 0.717) is 12.0 Å². The number of nitrogens with zero attached hydrogens (tertiary/aromatic N) is 1. The van der Waals surface area contributed by atoms with Gasteiger partial charge in [-0.1, -0.05) is 103 Å². The zero-order valence-corrected chi connectivity index (χ0v) is 21.3. The standard InChI is InChI=1S/C36H31N/c1-25-17-20-29(21-18-25)37-35-16-8-15-32(35)34-24-26(19-22-36(34)37)23-33(28-9-3-2-4-10-28)31-14-7-12-27-11-5-6-13-30(27)31/h2-7,9-14,17-24,32,35H,8,15-16H2,1H3. The molecule has 7 rings (SSSR count). The van der Waals surface area contributed by atoms with Crippen LogP contribution in [0, 0.1) is 6.92 Å². The lowest BCUT2D eigenvalue weighted by atomic mass is 9.90. The molecule has 2 atom stereocenters. The highest BCUT2D eigenvalue weighted by atomic mass is 15.2. The van der Waals surface area contributed by atoms with E-state index >= 15 is 0 Å².